The number of carbonyl (C=O) groups excluding carboxylic acids is 2. The van der Waals surface area contributed by atoms with Gasteiger partial charge in [-0.05, 0) is 55.7 Å². The number of piperazine rings is 1. The second kappa shape index (κ2) is 8.82. The largest absolute Gasteiger partial charge is 0.311 e. The summed E-state index contributed by atoms with van der Waals surface area (Å²) in [6, 6.07) is 8.58. The van der Waals surface area contributed by atoms with Crippen molar-refractivity contribution in [3.05, 3.63) is 50.9 Å². The van der Waals surface area contributed by atoms with Crippen molar-refractivity contribution < 1.29 is 9.59 Å². The van der Waals surface area contributed by atoms with Crippen molar-refractivity contribution in [2.24, 2.45) is 11.8 Å². The molecule has 4 atom stereocenters. The highest BCUT2D eigenvalue weighted by atomic mass is 35.5. The molecule has 0 radical (unpaired) electrons. The summed E-state index contributed by atoms with van der Waals surface area (Å²) in [6.07, 6.45) is 2.51. The van der Waals surface area contributed by atoms with Crippen LogP contribution in [-0.4, -0.2) is 51.8 Å². The summed E-state index contributed by atoms with van der Waals surface area (Å²) >= 11 is 14.8. The van der Waals surface area contributed by atoms with Crippen molar-refractivity contribution in [3.63, 3.8) is 0 Å². The number of piperidine rings is 1. The third-order valence-corrected chi connectivity index (χ3v) is 9.14. The summed E-state index contributed by atoms with van der Waals surface area (Å²) in [5.41, 5.74) is 3.90. The number of nitrogens with zero attached hydrogens (tertiary/aromatic N) is 3. The zero-order chi connectivity index (χ0) is 24.4. The lowest BCUT2D eigenvalue weighted by atomic mass is 9.98. The van der Waals surface area contributed by atoms with Crippen LogP contribution in [0.2, 0.25) is 10.0 Å². The van der Waals surface area contributed by atoms with Gasteiger partial charge >= 0.3 is 0 Å². The molecule has 1 N–H and O–H groups in total. The molecule has 35 heavy (non-hydrogen) atoms. The van der Waals surface area contributed by atoms with Gasteiger partial charge in [0.05, 0.1) is 28.6 Å². The Labute approximate surface area is 218 Å². The highest BCUT2D eigenvalue weighted by molar-refractivity contribution is 7.19. The molecule has 0 spiro atoms. The first-order chi connectivity index (χ1) is 16.8. The Kier molecular flexibility index (Phi) is 5.89. The predicted molar refractivity (Wildman–Crippen MR) is 140 cm³/mol. The molecule has 2 aromatic heterocycles. The van der Waals surface area contributed by atoms with E-state index in [9.17, 15) is 9.59 Å². The summed E-state index contributed by atoms with van der Waals surface area (Å²) in [5, 5.41) is 4.77. The van der Waals surface area contributed by atoms with Crippen LogP contribution >= 0.6 is 34.5 Å². The maximum absolute atomic E-state index is 12.5. The molecule has 6 nitrogen and oxygen atoms in total. The van der Waals surface area contributed by atoms with E-state index in [0.29, 0.717) is 28.7 Å². The second-order valence-electron chi connectivity index (χ2n) is 10.00. The number of thiophene rings is 1. The molecule has 2 aliphatic heterocycles. The number of likely N-dealkylation sites (tertiary alicyclic amines) is 1. The molecule has 2 amide bonds. The molecule has 4 heterocycles. The van der Waals surface area contributed by atoms with E-state index in [1.165, 1.54) is 4.90 Å². The van der Waals surface area contributed by atoms with Gasteiger partial charge in [-0.1, -0.05) is 23.2 Å². The van der Waals surface area contributed by atoms with Gasteiger partial charge in [0.25, 0.3) is 0 Å². The Morgan fingerprint density at radius 2 is 1.86 bits per heavy atom. The molecule has 1 aliphatic carbocycles. The van der Waals surface area contributed by atoms with Crippen LogP contribution in [0, 0.1) is 11.8 Å². The Morgan fingerprint density at radius 3 is 2.63 bits per heavy atom. The molecule has 2 saturated heterocycles. The van der Waals surface area contributed by atoms with E-state index in [-0.39, 0.29) is 23.7 Å². The number of carbonyl (C=O) groups is 2. The minimum absolute atomic E-state index is 0.0334. The molecule has 0 bridgehead atoms. The molecule has 3 aromatic rings. The predicted octanol–water partition coefficient (Wildman–Crippen LogP) is 4.96. The van der Waals surface area contributed by atoms with Crippen LogP contribution in [0.25, 0.3) is 21.3 Å². The van der Waals surface area contributed by atoms with Gasteiger partial charge in [-0.15, -0.1) is 11.3 Å². The van der Waals surface area contributed by atoms with Crippen LogP contribution in [0.3, 0.4) is 0 Å². The Balaban J connectivity index is 1.38. The quantitative estimate of drug-likeness (QED) is 0.474. The first-order valence-electron chi connectivity index (χ1n) is 12.0. The van der Waals surface area contributed by atoms with Crippen LogP contribution in [0.5, 0.6) is 0 Å². The van der Waals surface area contributed by atoms with Crippen molar-refractivity contribution in [1.29, 1.82) is 0 Å². The first kappa shape index (κ1) is 23.4. The average molecular weight is 529 g/mol. The lowest BCUT2D eigenvalue weighted by Crippen LogP contribution is -2.53. The van der Waals surface area contributed by atoms with Gasteiger partial charge in [0.1, 0.15) is 0 Å². The summed E-state index contributed by atoms with van der Waals surface area (Å²) in [4.78, 5) is 34.3. The number of fused-ring (bicyclic) bond motifs is 2. The van der Waals surface area contributed by atoms with Gasteiger partial charge in [-0.2, -0.15) is 0 Å². The van der Waals surface area contributed by atoms with Gasteiger partial charge in [-0.3, -0.25) is 24.4 Å². The molecule has 6 rings (SSSR count). The van der Waals surface area contributed by atoms with Crippen LogP contribution < -0.4 is 5.32 Å². The van der Waals surface area contributed by atoms with Crippen LogP contribution in [0.15, 0.2) is 30.5 Å². The van der Waals surface area contributed by atoms with E-state index in [2.05, 4.69) is 29.0 Å². The molecule has 1 saturated carbocycles. The fraction of sp³-hybridized carbons (Fsp3) is 0.423. The zero-order valence-electron chi connectivity index (χ0n) is 19.6. The van der Waals surface area contributed by atoms with E-state index >= 15 is 0 Å². The number of pyridine rings is 1. The van der Waals surface area contributed by atoms with Crippen LogP contribution in [0.1, 0.15) is 30.7 Å². The molecule has 2 unspecified atom stereocenters. The molecular weight excluding hydrogens is 503 g/mol. The van der Waals surface area contributed by atoms with Gasteiger partial charge in [0, 0.05) is 58.4 Å². The van der Waals surface area contributed by atoms with E-state index in [1.807, 2.05) is 24.3 Å². The van der Waals surface area contributed by atoms with E-state index in [1.54, 1.807) is 17.5 Å². The number of aromatic nitrogens is 1. The third-order valence-electron chi connectivity index (χ3n) is 7.44. The number of benzene rings is 1. The fourth-order valence-electron chi connectivity index (χ4n) is 5.36. The number of rotatable bonds is 5. The van der Waals surface area contributed by atoms with Gasteiger partial charge in [0.2, 0.25) is 11.8 Å². The van der Waals surface area contributed by atoms with Crippen molar-refractivity contribution in [1.82, 2.24) is 20.1 Å². The highest BCUT2D eigenvalue weighted by Crippen LogP contribution is 2.48. The normalized spacial score (nSPS) is 26.6. The Morgan fingerprint density at radius 1 is 1.09 bits per heavy atom. The first-order valence-corrected chi connectivity index (χ1v) is 13.6. The van der Waals surface area contributed by atoms with Crippen molar-refractivity contribution >= 4 is 56.6 Å². The fourth-order valence-corrected chi connectivity index (χ4v) is 7.05. The van der Waals surface area contributed by atoms with E-state index < -0.39 is 0 Å². The molecular formula is C26H26Cl2N4O2S. The lowest BCUT2D eigenvalue weighted by molar-refractivity contribution is -0.141. The SMILES string of the molecule is C[C@@H]1CN(Cc2c(Cl)cc(Cl)cc2-c2ccnc3cc(CN4C(=O)C5CC5C4=O)sc23)[C@@H](C)CN1. The molecule has 3 aliphatic rings. The zero-order valence-corrected chi connectivity index (χ0v) is 21.9. The summed E-state index contributed by atoms with van der Waals surface area (Å²) < 4.78 is 1.01. The molecule has 9 heteroatoms. The number of halogens is 2. The topological polar surface area (TPSA) is 65.5 Å². The number of imide groups is 1. The van der Waals surface area contributed by atoms with Crippen molar-refractivity contribution in [2.75, 3.05) is 13.1 Å². The molecule has 182 valence electrons. The smallest absolute Gasteiger partial charge is 0.233 e. The summed E-state index contributed by atoms with van der Waals surface area (Å²) in [7, 11) is 0. The van der Waals surface area contributed by atoms with E-state index in [0.717, 1.165) is 57.8 Å². The van der Waals surface area contributed by atoms with Crippen molar-refractivity contribution in [3.8, 4) is 11.1 Å². The maximum Gasteiger partial charge on any atom is 0.233 e. The number of hydrogen-bond acceptors (Lipinski definition) is 6. The Hall–Kier alpha value is -2.03. The summed E-state index contributed by atoms with van der Waals surface area (Å²) in [5.74, 6) is -0.239. The lowest BCUT2D eigenvalue weighted by Gasteiger charge is -2.38. The van der Waals surface area contributed by atoms with E-state index in [4.69, 9.17) is 23.2 Å². The monoisotopic (exact) mass is 528 g/mol. The van der Waals surface area contributed by atoms with Gasteiger partial charge < -0.3 is 5.32 Å². The average Bonchev–Trinajstić information content (AvgIpc) is 3.46. The summed E-state index contributed by atoms with van der Waals surface area (Å²) in [6.45, 7) is 7.33. The van der Waals surface area contributed by atoms with Crippen LogP contribution in [0.4, 0.5) is 0 Å². The Bertz CT molecular complexity index is 1340. The van der Waals surface area contributed by atoms with Gasteiger partial charge in [-0.25, -0.2) is 0 Å². The third kappa shape index (κ3) is 4.17. The standard InChI is InChI=1S/C26H26Cl2N4O2S/c1-13-10-31(14(2)9-30-13)12-21-18(5-15(27)6-22(21)28)17-3-4-29-23-7-16(35-24(17)23)11-32-25(33)19-8-20(19)26(32)34/h3-7,13-14,19-20,30H,8-12H2,1-2H3/t13-,14+,19?,20?/m1/s1. The van der Waals surface area contributed by atoms with Crippen molar-refractivity contribution in [2.45, 2.75) is 45.4 Å². The number of amides is 2. The second-order valence-corrected chi connectivity index (χ2v) is 12.0. The molecule has 3 fully saturated rings. The van der Waals surface area contributed by atoms with Gasteiger partial charge in [0.15, 0.2) is 0 Å². The minimum Gasteiger partial charge on any atom is -0.311 e. The minimum atomic E-state index is -0.0863. The van der Waals surface area contributed by atoms with Crippen LogP contribution in [-0.2, 0) is 22.7 Å². The number of hydrogen-bond donors (Lipinski definition) is 1. The maximum atomic E-state index is 12.5. The number of nitrogens with one attached hydrogen (secondary N) is 1. The highest BCUT2D eigenvalue weighted by Gasteiger charge is 2.58. The molecule has 1 aromatic carbocycles.